The number of carbonyl (C=O) groups excluding carboxylic acids is 1. The summed E-state index contributed by atoms with van der Waals surface area (Å²) in [6.07, 6.45) is 2.83. The molecule has 1 atom stereocenters. The number of anilines is 1. The van der Waals surface area contributed by atoms with Crippen LogP contribution in [0.25, 0.3) is 0 Å². The highest BCUT2D eigenvalue weighted by molar-refractivity contribution is 5.79. The molecule has 2 aliphatic rings. The number of rotatable bonds is 4. The van der Waals surface area contributed by atoms with Gasteiger partial charge < -0.3 is 14.5 Å². The van der Waals surface area contributed by atoms with Crippen LogP contribution in [0.1, 0.15) is 33.1 Å². The number of likely N-dealkylation sites (tertiary alicyclic amines) is 1. The molecule has 4 rings (SSSR count). The van der Waals surface area contributed by atoms with Gasteiger partial charge in [0.25, 0.3) is 5.91 Å². The molecule has 0 aromatic heterocycles. The Balaban J connectivity index is 1.52. The van der Waals surface area contributed by atoms with Crippen LogP contribution in [0.15, 0.2) is 54.6 Å². The van der Waals surface area contributed by atoms with Crippen LogP contribution < -0.4 is 9.64 Å². The zero-order valence-corrected chi connectivity index (χ0v) is 16.5. The highest BCUT2D eigenvalue weighted by Gasteiger charge is 2.54. The summed E-state index contributed by atoms with van der Waals surface area (Å²) in [6, 6.07) is 16.2. The maximum Gasteiger partial charge on any atom is 0.261 e. The molecule has 28 heavy (non-hydrogen) atoms. The molecule has 2 saturated heterocycles. The van der Waals surface area contributed by atoms with Crippen molar-refractivity contribution < 1.29 is 13.9 Å². The fraction of sp³-hybridized carbons (Fsp3) is 0.435. The fourth-order valence-electron chi connectivity index (χ4n) is 4.97. The lowest BCUT2D eigenvalue weighted by molar-refractivity contribution is -0.137. The minimum Gasteiger partial charge on any atom is -0.484 e. The Kier molecular flexibility index (Phi) is 4.77. The molecule has 2 aliphatic heterocycles. The van der Waals surface area contributed by atoms with E-state index in [0.29, 0.717) is 5.75 Å². The molecular formula is C23H27FN2O2. The molecule has 5 heteroatoms. The standard InChI is InChI=1S/C23H27FN2O2/c1-22(2)16-23(17-26(22)19-9-6-8-18(24)14-19)12-7-13-25(23)21(27)15-28-20-10-4-3-5-11-20/h3-6,8-11,14H,7,12-13,15-17H2,1-2H3. The lowest BCUT2D eigenvalue weighted by atomic mass is 9.87. The number of para-hydroxylation sites is 1. The molecule has 1 unspecified atom stereocenters. The maximum absolute atomic E-state index is 13.8. The van der Waals surface area contributed by atoms with E-state index in [1.807, 2.05) is 41.3 Å². The molecule has 0 saturated carbocycles. The largest absolute Gasteiger partial charge is 0.484 e. The lowest BCUT2D eigenvalue weighted by Gasteiger charge is -2.35. The average molecular weight is 382 g/mol. The molecule has 0 radical (unpaired) electrons. The number of hydrogen-bond donors (Lipinski definition) is 0. The van der Waals surface area contributed by atoms with E-state index in [-0.39, 0.29) is 29.4 Å². The number of carbonyl (C=O) groups is 1. The molecule has 2 aromatic carbocycles. The van der Waals surface area contributed by atoms with E-state index in [9.17, 15) is 9.18 Å². The first-order chi connectivity index (χ1) is 13.4. The van der Waals surface area contributed by atoms with Crippen LogP contribution in [0.5, 0.6) is 5.75 Å². The quantitative estimate of drug-likeness (QED) is 0.792. The third kappa shape index (κ3) is 3.46. The topological polar surface area (TPSA) is 32.8 Å². The smallest absolute Gasteiger partial charge is 0.261 e. The van der Waals surface area contributed by atoms with Crippen molar-refractivity contribution in [2.45, 2.75) is 44.2 Å². The van der Waals surface area contributed by atoms with Crippen LogP contribution in [0.3, 0.4) is 0 Å². The van der Waals surface area contributed by atoms with E-state index in [1.54, 1.807) is 12.1 Å². The number of ether oxygens (including phenoxy) is 1. The van der Waals surface area contributed by atoms with E-state index >= 15 is 0 Å². The van der Waals surface area contributed by atoms with Gasteiger partial charge in [0.2, 0.25) is 0 Å². The van der Waals surface area contributed by atoms with Gasteiger partial charge in [0.1, 0.15) is 11.6 Å². The van der Waals surface area contributed by atoms with Crippen molar-refractivity contribution in [3.8, 4) is 5.75 Å². The number of halogens is 1. The second-order valence-corrected chi connectivity index (χ2v) is 8.53. The van der Waals surface area contributed by atoms with E-state index in [4.69, 9.17) is 4.74 Å². The zero-order valence-electron chi connectivity index (χ0n) is 16.5. The Bertz CT molecular complexity index is 855. The van der Waals surface area contributed by atoms with Gasteiger partial charge in [-0.1, -0.05) is 24.3 Å². The van der Waals surface area contributed by atoms with Gasteiger partial charge in [-0.15, -0.1) is 0 Å². The van der Waals surface area contributed by atoms with E-state index in [0.717, 1.165) is 38.0 Å². The minimum atomic E-state index is -0.232. The molecule has 1 spiro atoms. The van der Waals surface area contributed by atoms with Crippen molar-refractivity contribution in [2.24, 2.45) is 0 Å². The van der Waals surface area contributed by atoms with Crippen molar-refractivity contribution >= 4 is 11.6 Å². The van der Waals surface area contributed by atoms with E-state index in [1.165, 1.54) is 6.07 Å². The minimum absolute atomic E-state index is 0.0262. The van der Waals surface area contributed by atoms with Crippen molar-refractivity contribution in [1.29, 1.82) is 0 Å². The predicted molar refractivity (Wildman–Crippen MR) is 108 cm³/mol. The Labute approximate surface area is 165 Å². The monoisotopic (exact) mass is 382 g/mol. The van der Waals surface area contributed by atoms with Crippen LogP contribution >= 0.6 is 0 Å². The summed E-state index contributed by atoms with van der Waals surface area (Å²) in [4.78, 5) is 17.3. The van der Waals surface area contributed by atoms with Crippen LogP contribution in [0.4, 0.5) is 10.1 Å². The Hall–Kier alpha value is -2.56. The van der Waals surface area contributed by atoms with Gasteiger partial charge in [0.05, 0.1) is 5.54 Å². The Morgan fingerprint density at radius 3 is 2.68 bits per heavy atom. The van der Waals surface area contributed by atoms with Crippen molar-refractivity contribution in [3.63, 3.8) is 0 Å². The number of amides is 1. The second kappa shape index (κ2) is 7.12. The summed E-state index contributed by atoms with van der Waals surface area (Å²) in [5.41, 5.74) is 0.505. The first kappa shape index (κ1) is 18.8. The average Bonchev–Trinajstić information content (AvgIpc) is 3.20. The van der Waals surface area contributed by atoms with Crippen molar-refractivity contribution in [3.05, 3.63) is 60.4 Å². The van der Waals surface area contributed by atoms with Gasteiger partial charge >= 0.3 is 0 Å². The van der Waals surface area contributed by atoms with Gasteiger partial charge in [-0.05, 0) is 63.4 Å². The normalized spacial score (nSPS) is 23.4. The highest BCUT2D eigenvalue weighted by atomic mass is 19.1. The summed E-state index contributed by atoms with van der Waals surface area (Å²) >= 11 is 0. The third-order valence-corrected chi connectivity index (χ3v) is 6.07. The fourth-order valence-corrected chi connectivity index (χ4v) is 4.97. The van der Waals surface area contributed by atoms with Crippen molar-refractivity contribution in [1.82, 2.24) is 4.90 Å². The number of benzene rings is 2. The van der Waals surface area contributed by atoms with E-state index < -0.39 is 0 Å². The molecule has 1 amide bonds. The van der Waals surface area contributed by atoms with E-state index in [2.05, 4.69) is 18.7 Å². The van der Waals surface area contributed by atoms with Crippen LogP contribution in [-0.4, -0.2) is 41.6 Å². The molecule has 2 heterocycles. The predicted octanol–water partition coefficient (Wildman–Crippen LogP) is 4.25. The molecule has 0 aliphatic carbocycles. The molecule has 148 valence electrons. The molecule has 4 nitrogen and oxygen atoms in total. The van der Waals surface area contributed by atoms with Gasteiger partial charge in [0, 0.05) is 24.3 Å². The first-order valence-corrected chi connectivity index (χ1v) is 9.91. The highest BCUT2D eigenvalue weighted by Crippen LogP contribution is 2.47. The van der Waals surface area contributed by atoms with Crippen LogP contribution in [0, 0.1) is 5.82 Å². The van der Waals surface area contributed by atoms with Crippen LogP contribution in [-0.2, 0) is 4.79 Å². The molecule has 0 N–H and O–H groups in total. The molecule has 2 aromatic rings. The summed E-state index contributed by atoms with van der Waals surface area (Å²) in [5.74, 6) is 0.500. The summed E-state index contributed by atoms with van der Waals surface area (Å²) in [7, 11) is 0. The van der Waals surface area contributed by atoms with Gasteiger partial charge in [-0.25, -0.2) is 4.39 Å². The van der Waals surface area contributed by atoms with Gasteiger partial charge in [0.15, 0.2) is 6.61 Å². The summed E-state index contributed by atoms with van der Waals surface area (Å²) in [5, 5.41) is 0. The maximum atomic E-state index is 13.8. The summed E-state index contributed by atoms with van der Waals surface area (Å²) in [6.45, 7) is 5.87. The van der Waals surface area contributed by atoms with Crippen molar-refractivity contribution in [2.75, 3.05) is 24.6 Å². The first-order valence-electron chi connectivity index (χ1n) is 9.91. The number of hydrogen-bond acceptors (Lipinski definition) is 3. The lowest BCUT2D eigenvalue weighted by Crippen LogP contribution is -2.50. The van der Waals surface area contributed by atoms with Gasteiger partial charge in [-0.2, -0.15) is 0 Å². The zero-order chi connectivity index (χ0) is 19.8. The van der Waals surface area contributed by atoms with Crippen LogP contribution in [0.2, 0.25) is 0 Å². The Morgan fingerprint density at radius 2 is 1.93 bits per heavy atom. The molecule has 2 fully saturated rings. The third-order valence-electron chi connectivity index (χ3n) is 6.07. The molecule has 0 bridgehead atoms. The SMILES string of the molecule is CC1(C)CC2(CCCN2C(=O)COc2ccccc2)CN1c1cccc(F)c1. The molecular weight excluding hydrogens is 355 g/mol. The second-order valence-electron chi connectivity index (χ2n) is 8.53. The summed E-state index contributed by atoms with van der Waals surface area (Å²) < 4.78 is 19.5. The van der Waals surface area contributed by atoms with Gasteiger partial charge in [-0.3, -0.25) is 4.79 Å². The number of nitrogens with zero attached hydrogens (tertiary/aromatic N) is 2. The Morgan fingerprint density at radius 1 is 1.14 bits per heavy atom.